The standard InChI is InChI=1S/C16H21N3O5S/c1-9(2)7-12(15(21)22-4)17-13(20)8-25-16-19-18-14(24-16)11-5-6-23-10(11)3/h5-6,9,12H,7-8H2,1-4H3,(H,17,20)/t12-/m1/s1. The summed E-state index contributed by atoms with van der Waals surface area (Å²) in [6.45, 7) is 5.73. The van der Waals surface area contributed by atoms with Gasteiger partial charge in [-0.25, -0.2) is 4.79 Å². The third-order valence-electron chi connectivity index (χ3n) is 3.35. The smallest absolute Gasteiger partial charge is 0.328 e. The Balaban J connectivity index is 1.90. The van der Waals surface area contributed by atoms with Crippen molar-refractivity contribution in [1.82, 2.24) is 15.5 Å². The summed E-state index contributed by atoms with van der Waals surface area (Å²) in [5, 5.41) is 10.8. The van der Waals surface area contributed by atoms with Crippen LogP contribution < -0.4 is 5.32 Å². The summed E-state index contributed by atoms with van der Waals surface area (Å²) in [5.41, 5.74) is 0.714. The monoisotopic (exact) mass is 367 g/mol. The lowest BCUT2D eigenvalue weighted by molar-refractivity contribution is -0.145. The van der Waals surface area contributed by atoms with Crippen LogP contribution in [0.2, 0.25) is 0 Å². The van der Waals surface area contributed by atoms with Gasteiger partial charge in [-0.2, -0.15) is 0 Å². The fourth-order valence-electron chi connectivity index (χ4n) is 2.17. The van der Waals surface area contributed by atoms with E-state index in [4.69, 9.17) is 13.6 Å². The molecule has 0 aromatic carbocycles. The number of aromatic nitrogens is 2. The van der Waals surface area contributed by atoms with Crippen molar-refractivity contribution in [1.29, 1.82) is 0 Å². The van der Waals surface area contributed by atoms with Gasteiger partial charge in [0.05, 0.1) is 24.7 Å². The summed E-state index contributed by atoms with van der Waals surface area (Å²) < 4.78 is 15.4. The number of amides is 1. The van der Waals surface area contributed by atoms with Crippen LogP contribution in [0, 0.1) is 12.8 Å². The molecule has 0 bridgehead atoms. The van der Waals surface area contributed by atoms with Crippen LogP contribution in [0.5, 0.6) is 0 Å². The van der Waals surface area contributed by atoms with Crippen LogP contribution in [0.15, 0.2) is 26.4 Å². The lowest BCUT2D eigenvalue weighted by Gasteiger charge is -2.17. The van der Waals surface area contributed by atoms with E-state index in [1.165, 1.54) is 13.4 Å². The van der Waals surface area contributed by atoms with Gasteiger partial charge in [0.1, 0.15) is 11.8 Å². The number of furan rings is 1. The average molecular weight is 367 g/mol. The summed E-state index contributed by atoms with van der Waals surface area (Å²) in [5.74, 6) is 0.544. The zero-order valence-corrected chi connectivity index (χ0v) is 15.4. The van der Waals surface area contributed by atoms with Crippen LogP contribution in [0.25, 0.3) is 11.5 Å². The van der Waals surface area contributed by atoms with Crippen LogP contribution in [-0.2, 0) is 14.3 Å². The van der Waals surface area contributed by atoms with Crippen molar-refractivity contribution in [3.8, 4) is 11.5 Å². The summed E-state index contributed by atoms with van der Waals surface area (Å²) in [4.78, 5) is 23.8. The molecule has 1 amide bonds. The first-order valence-corrected chi connectivity index (χ1v) is 8.77. The van der Waals surface area contributed by atoms with Crippen molar-refractivity contribution in [2.75, 3.05) is 12.9 Å². The van der Waals surface area contributed by atoms with Crippen LogP contribution in [0.3, 0.4) is 0 Å². The van der Waals surface area contributed by atoms with Crippen LogP contribution in [-0.4, -0.2) is 41.0 Å². The van der Waals surface area contributed by atoms with E-state index >= 15 is 0 Å². The van der Waals surface area contributed by atoms with Gasteiger partial charge < -0.3 is 18.9 Å². The number of thioether (sulfide) groups is 1. The van der Waals surface area contributed by atoms with Crippen molar-refractivity contribution in [2.24, 2.45) is 5.92 Å². The summed E-state index contributed by atoms with van der Waals surface area (Å²) in [6, 6.07) is 1.07. The number of hydrogen-bond acceptors (Lipinski definition) is 8. The molecule has 2 aromatic heterocycles. The highest BCUT2D eigenvalue weighted by Crippen LogP contribution is 2.26. The Labute approximate surface area is 149 Å². The number of carbonyl (C=O) groups is 2. The van der Waals surface area contributed by atoms with Gasteiger partial charge in [0.15, 0.2) is 0 Å². The Morgan fingerprint density at radius 3 is 2.72 bits per heavy atom. The van der Waals surface area contributed by atoms with Crippen molar-refractivity contribution in [3.63, 3.8) is 0 Å². The van der Waals surface area contributed by atoms with Gasteiger partial charge in [-0.05, 0) is 25.3 Å². The predicted molar refractivity (Wildman–Crippen MR) is 90.9 cm³/mol. The van der Waals surface area contributed by atoms with Gasteiger partial charge in [0.25, 0.3) is 11.1 Å². The number of methoxy groups -OCH3 is 1. The van der Waals surface area contributed by atoms with E-state index in [1.807, 2.05) is 13.8 Å². The number of carbonyl (C=O) groups excluding carboxylic acids is 2. The van der Waals surface area contributed by atoms with E-state index in [0.717, 1.165) is 11.8 Å². The van der Waals surface area contributed by atoms with E-state index in [0.29, 0.717) is 23.6 Å². The molecule has 8 nitrogen and oxygen atoms in total. The second-order valence-electron chi connectivity index (χ2n) is 5.83. The summed E-state index contributed by atoms with van der Waals surface area (Å²) in [6.07, 6.45) is 2.05. The first kappa shape index (κ1) is 19.0. The van der Waals surface area contributed by atoms with Gasteiger partial charge in [-0.3, -0.25) is 4.79 Å². The molecule has 0 saturated heterocycles. The molecule has 0 saturated carbocycles. The molecule has 2 rings (SSSR count). The Bertz CT molecular complexity index is 725. The largest absolute Gasteiger partial charge is 0.469 e. The van der Waals surface area contributed by atoms with Crippen molar-refractivity contribution >= 4 is 23.6 Å². The minimum absolute atomic E-state index is 0.0532. The summed E-state index contributed by atoms with van der Waals surface area (Å²) >= 11 is 1.10. The molecule has 9 heteroatoms. The first-order chi connectivity index (χ1) is 11.9. The normalized spacial score (nSPS) is 12.2. The maximum absolute atomic E-state index is 12.1. The van der Waals surface area contributed by atoms with E-state index < -0.39 is 12.0 Å². The van der Waals surface area contributed by atoms with E-state index in [2.05, 4.69) is 15.5 Å². The second kappa shape index (κ2) is 8.70. The molecule has 0 spiro atoms. The SMILES string of the molecule is COC(=O)[C@@H](CC(C)C)NC(=O)CSc1nnc(-c2ccoc2C)o1. The number of nitrogens with zero attached hydrogens (tertiary/aromatic N) is 2. The molecule has 25 heavy (non-hydrogen) atoms. The lowest BCUT2D eigenvalue weighted by Crippen LogP contribution is -2.43. The predicted octanol–water partition coefficient (Wildman–Crippen LogP) is 2.43. The number of ether oxygens (including phenoxy) is 1. The maximum atomic E-state index is 12.1. The molecule has 1 N–H and O–H groups in total. The van der Waals surface area contributed by atoms with Crippen LogP contribution >= 0.6 is 11.8 Å². The van der Waals surface area contributed by atoms with Crippen molar-refractivity contribution in [3.05, 3.63) is 18.1 Å². The van der Waals surface area contributed by atoms with Gasteiger partial charge in [0, 0.05) is 0 Å². The number of aryl methyl sites for hydroxylation is 1. The quantitative estimate of drug-likeness (QED) is 0.560. The molecule has 0 radical (unpaired) electrons. The van der Waals surface area contributed by atoms with E-state index in [9.17, 15) is 9.59 Å². The fraction of sp³-hybridized carbons (Fsp3) is 0.500. The third-order valence-corrected chi connectivity index (χ3v) is 4.17. The highest BCUT2D eigenvalue weighted by Gasteiger charge is 2.23. The minimum Gasteiger partial charge on any atom is -0.469 e. The average Bonchev–Trinajstić information content (AvgIpc) is 3.19. The second-order valence-corrected chi connectivity index (χ2v) is 6.75. The summed E-state index contributed by atoms with van der Waals surface area (Å²) in [7, 11) is 1.30. The Morgan fingerprint density at radius 1 is 1.36 bits per heavy atom. The zero-order chi connectivity index (χ0) is 18.4. The first-order valence-electron chi connectivity index (χ1n) is 7.78. The van der Waals surface area contributed by atoms with Crippen molar-refractivity contribution < 1.29 is 23.2 Å². The Morgan fingerprint density at radius 2 is 2.12 bits per heavy atom. The molecule has 0 unspecified atom stereocenters. The van der Waals surface area contributed by atoms with Crippen molar-refractivity contribution in [2.45, 2.75) is 38.5 Å². The molecule has 2 heterocycles. The number of rotatable bonds is 8. The molecule has 0 aliphatic heterocycles. The molecule has 136 valence electrons. The Kier molecular flexibility index (Phi) is 6.63. The highest BCUT2D eigenvalue weighted by atomic mass is 32.2. The van der Waals surface area contributed by atoms with Gasteiger partial charge in [-0.15, -0.1) is 10.2 Å². The van der Waals surface area contributed by atoms with E-state index in [-0.39, 0.29) is 22.8 Å². The van der Waals surface area contributed by atoms with E-state index in [1.54, 1.807) is 13.0 Å². The van der Waals surface area contributed by atoms with Crippen LogP contribution in [0.1, 0.15) is 26.0 Å². The molecule has 2 aromatic rings. The minimum atomic E-state index is -0.662. The number of hydrogen-bond donors (Lipinski definition) is 1. The number of nitrogens with one attached hydrogen (secondary N) is 1. The maximum Gasteiger partial charge on any atom is 0.328 e. The molecular weight excluding hydrogens is 346 g/mol. The molecule has 1 atom stereocenters. The number of esters is 1. The lowest BCUT2D eigenvalue weighted by atomic mass is 10.0. The Hall–Kier alpha value is -2.29. The molecule has 0 aliphatic rings. The van der Waals surface area contributed by atoms with Gasteiger partial charge >= 0.3 is 5.97 Å². The third kappa shape index (κ3) is 5.35. The molecule has 0 aliphatic carbocycles. The van der Waals surface area contributed by atoms with Gasteiger partial charge in [-0.1, -0.05) is 25.6 Å². The fourth-order valence-corrected chi connectivity index (χ4v) is 2.75. The zero-order valence-electron chi connectivity index (χ0n) is 14.6. The highest BCUT2D eigenvalue weighted by molar-refractivity contribution is 7.99. The van der Waals surface area contributed by atoms with Gasteiger partial charge in [0.2, 0.25) is 5.91 Å². The van der Waals surface area contributed by atoms with Crippen LogP contribution in [0.4, 0.5) is 0 Å². The molecular formula is C16H21N3O5S. The molecule has 0 fully saturated rings. The topological polar surface area (TPSA) is 107 Å².